The van der Waals surface area contributed by atoms with E-state index in [1.165, 1.54) is 16.3 Å². The normalized spacial score (nSPS) is 10.7. The van der Waals surface area contributed by atoms with Crippen LogP contribution in [0.5, 0.6) is 11.5 Å². The SMILES string of the molecule is COc1ccc(CSc2nnc(Nc3cccc(C)c3C)c(=O)n2C)cc1OC. The van der Waals surface area contributed by atoms with Crippen LogP contribution in [0, 0.1) is 13.8 Å². The molecule has 8 heteroatoms. The molecule has 0 aliphatic heterocycles. The maximum Gasteiger partial charge on any atom is 0.297 e. The maximum atomic E-state index is 12.7. The molecule has 2 aromatic carbocycles. The van der Waals surface area contributed by atoms with Gasteiger partial charge in [-0.1, -0.05) is 30.0 Å². The third-order valence-electron chi connectivity index (χ3n) is 4.70. The van der Waals surface area contributed by atoms with Crippen molar-refractivity contribution in [3.63, 3.8) is 0 Å². The van der Waals surface area contributed by atoms with Crippen LogP contribution in [0.2, 0.25) is 0 Å². The summed E-state index contributed by atoms with van der Waals surface area (Å²) >= 11 is 1.43. The summed E-state index contributed by atoms with van der Waals surface area (Å²) in [6.07, 6.45) is 0. The van der Waals surface area contributed by atoms with Crippen LogP contribution in [0.4, 0.5) is 11.5 Å². The average Bonchev–Trinajstić information content (AvgIpc) is 2.73. The molecule has 0 atom stereocenters. The Kier molecular flexibility index (Phi) is 6.43. The van der Waals surface area contributed by atoms with Crippen molar-refractivity contribution in [2.45, 2.75) is 24.8 Å². The first-order chi connectivity index (χ1) is 13.9. The second-order valence-electron chi connectivity index (χ2n) is 6.55. The largest absolute Gasteiger partial charge is 0.493 e. The van der Waals surface area contributed by atoms with E-state index in [2.05, 4.69) is 15.5 Å². The van der Waals surface area contributed by atoms with E-state index in [4.69, 9.17) is 9.47 Å². The highest BCUT2D eigenvalue weighted by Crippen LogP contribution is 2.30. The number of nitrogens with one attached hydrogen (secondary N) is 1. The van der Waals surface area contributed by atoms with Crippen LogP contribution in [0.15, 0.2) is 46.3 Å². The Morgan fingerprint density at radius 1 is 1.07 bits per heavy atom. The summed E-state index contributed by atoms with van der Waals surface area (Å²) in [7, 11) is 4.90. The first-order valence-corrected chi connectivity index (χ1v) is 10.0. The van der Waals surface area contributed by atoms with Crippen molar-refractivity contribution in [3.05, 3.63) is 63.4 Å². The van der Waals surface area contributed by atoms with Crippen molar-refractivity contribution in [1.29, 1.82) is 0 Å². The zero-order valence-corrected chi connectivity index (χ0v) is 18.0. The number of methoxy groups -OCH3 is 2. The number of aromatic nitrogens is 3. The molecule has 0 saturated heterocycles. The molecule has 0 unspecified atom stereocenters. The highest BCUT2D eigenvalue weighted by molar-refractivity contribution is 7.98. The van der Waals surface area contributed by atoms with Crippen molar-refractivity contribution >= 4 is 23.3 Å². The maximum absolute atomic E-state index is 12.7. The summed E-state index contributed by atoms with van der Waals surface area (Å²) in [5, 5.41) is 12.0. The molecule has 0 aliphatic carbocycles. The van der Waals surface area contributed by atoms with E-state index in [1.807, 2.05) is 50.2 Å². The van der Waals surface area contributed by atoms with E-state index in [-0.39, 0.29) is 11.4 Å². The zero-order valence-electron chi connectivity index (χ0n) is 17.1. The Balaban J connectivity index is 1.78. The van der Waals surface area contributed by atoms with Crippen molar-refractivity contribution in [2.75, 3.05) is 19.5 Å². The van der Waals surface area contributed by atoms with E-state index in [1.54, 1.807) is 21.3 Å². The molecule has 3 rings (SSSR count). The van der Waals surface area contributed by atoms with Gasteiger partial charge in [-0.25, -0.2) is 0 Å². The van der Waals surface area contributed by atoms with Gasteiger partial charge < -0.3 is 14.8 Å². The summed E-state index contributed by atoms with van der Waals surface area (Å²) in [4.78, 5) is 12.7. The Morgan fingerprint density at radius 2 is 1.83 bits per heavy atom. The van der Waals surface area contributed by atoms with Gasteiger partial charge in [-0.2, -0.15) is 0 Å². The number of hydrogen-bond donors (Lipinski definition) is 1. The van der Waals surface area contributed by atoms with Gasteiger partial charge in [-0.05, 0) is 48.7 Å². The average molecular weight is 413 g/mol. The van der Waals surface area contributed by atoms with Gasteiger partial charge in [0.2, 0.25) is 5.82 Å². The van der Waals surface area contributed by atoms with Gasteiger partial charge >= 0.3 is 0 Å². The van der Waals surface area contributed by atoms with E-state index in [0.717, 1.165) is 22.4 Å². The fourth-order valence-corrected chi connectivity index (χ4v) is 3.64. The van der Waals surface area contributed by atoms with Crippen molar-refractivity contribution in [3.8, 4) is 11.5 Å². The Bertz CT molecular complexity index is 1080. The van der Waals surface area contributed by atoms with E-state index in [9.17, 15) is 4.79 Å². The number of hydrogen-bond acceptors (Lipinski definition) is 7. The molecule has 0 saturated carbocycles. The lowest BCUT2D eigenvalue weighted by atomic mass is 10.1. The zero-order chi connectivity index (χ0) is 21.0. The molecule has 7 nitrogen and oxygen atoms in total. The van der Waals surface area contributed by atoms with Crippen LogP contribution >= 0.6 is 11.8 Å². The highest BCUT2D eigenvalue weighted by atomic mass is 32.2. The highest BCUT2D eigenvalue weighted by Gasteiger charge is 2.12. The summed E-state index contributed by atoms with van der Waals surface area (Å²) in [6.45, 7) is 4.03. The number of nitrogens with zero attached hydrogens (tertiary/aromatic N) is 3. The molecule has 0 bridgehead atoms. The second-order valence-corrected chi connectivity index (χ2v) is 7.49. The minimum Gasteiger partial charge on any atom is -0.493 e. The molecule has 3 aromatic rings. The van der Waals surface area contributed by atoms with E-state index >= 15 is 0 Å². The molecule has 1 N–H and O–H groups in total. The number of ether oxygens (including phenoxy) is 2. The number of aryl methyl sites for hydroxylation is 1. The molecule has 0 fully saturated rings. The van der Waals surface area contributed by atoms with Crippen LogP contribution in [-0.4, -0.2) is 29.0 Å². The van der Waals surface area contributed by atoms with Crippen molar-refractivity contribution < 1.29 is 9.47 Å². The predicted octanol–water partition coefficient (Wildman–Crippen LogP) is 3.85. The minimum absolute atomic E-state index is 0.205. The molecule has 0 aliphatic rings. The first-order valence-electron chi connectivity index (χ1n) is 9.05. The van der Waals surface area contributed by atoms with E-state index < -0.39 is 0 Å². The summed E-state index contributed by atoms with van der Waals surface area (Å²) < 4.78 is 12.1. The molecular weight excluding hydrogens is 388 g/mol. The van der Waals surface area contributed by atoms with Gasteiger partial charge in [0.25, 0.3) is 5.56 Å². The fourth-order valence-electron chi connectivity index (χ4n) is 2.78. The molecule has 0 radical (unpaired) electrons. The van der Waals surface area contributed by atoms with Crippen LogP contribution in [0.1, 0.15) is 16.7 Å². The lowest BCUT2D eigenvalue weighted by Gasteiger charge is -2.12. The van der Waals surface area contributed by atoms with E-state index in [0.29, 0.717) is 22.4 Å². The fraction of sp³-hybridized carbons (Fsp3) is 0.286. The predicted molar refractivity (Wildman–Crippen MR) is 116 cm³/mol. The smallest absolute Gasteiger partial charge is 0.297 e. The molecular formula is C21H24N4O3S. The molecule has 1 aromatic heterocycles. The summed E-state index contributed by atoms with van der Waals surface area (Å²) in [5.74, 6) is 2.16. The van der Waals surface area contributed by atoms with Crippen LogP contribution in [0.25, 0.3) is 0 Å². The molecule has 0 spiro atoms. The van der Waals surface area contributed by atoms with Crippen LogP contribution in [0.3, 0.4) is 0 Å². The van der Waals surface area contributed by atoms with Crippen molar-refractivity contribution in [1.82, 2.24) is 14.8 Å². The van der Waals surface area contributed by atoms with Gasteiger partial charge in [0.15, 0.2) is 16.7 Å². The minimum atomic E-state index is -0.226. The summed E-state index contributed by atoms with van der Waals surface area (Å²) in [6, 6.07) is 11.6. The monoisotopic (exact) mass is 412 g/mol. The van der Waals surface area contributed by atoms with Gasteiger partial charge in [0.05, 0.1) is 14.2 Å². The number of rotatable bonds is 7. The quantitative estimate of drug-likeness (QED) is 0.591. The lowest BCUT2D eigenvalue weighted by molar-refractivity contribution is 0.354. The van der Waals surface area contributed by atoms with Crippen molar-refractivity contribution in [2.24, 2.45) is 7.05 Å². The number of anilines is 2. The Hall–Kier alpha value is -3.00. The van der Waals surface area contributed by atoms with Gasteiger partial charge in [-0.15, -0.1) is 10.2 Å². The molecule has 1 heterocycles. The molecule has 152 valence electrons. The van der Waals surface area contributed by atoms with Crippen LogP contribution in [-0.2, 0) is 12.8 Å². The Labute approximate surface area is 174 Å². The second kappa shape index (κ2) is 9.00. The molecule has 0 amide bonds. The lowest BCUT2D eigenvalue weighted by Crippen LogP contribution is -2.24. The Morgan fingerprint density at radius 3 is 2.55 bits per heavy atom. The van der Waals surface area contributed by atoms with Gasteiger partial charge in [0.1, 0.15) is 0 Å². The van der Waals surface area contributed by atoms with Crippen LogP contribution < -0.4 is 20.3 Å². The standard InChI is InChI=1S/C21H24N4O3S/c1-13-7-6-8-16(14(13)2)22-19-20(26)25(3)21(24-23-19)29-12-15-9-10-17(27-4)18(11-15)28-5/h6-11H,12H2,1-5H3,(H,22,23). The first kappa shape index (κ1) is 20.7. The number of benzene rings is 2. The van der Waals surface area contributed by atoms with Gasteiger partial charge in [0, 0.05) is 18.5 Å². The number of thioether (sulfide) groups is 1. The molecule has 29 heavy (non-hydrogen) atoms. The topological polar surface area (TPSA) is 78.3 Å². The summed E-state index contributed by atoms with van der Waals surface area (Å²) in [5.41, 5.74) is 3.86. The third kappa shape index (κ3) is 4.54. The van der Waals surface area contributed by atoms with Gasteiger partial charge in [-0.3, -0.25) is 9.36 Å². The third-order valence-corrected chi connectivity index (χ3v) is 5.79.